The van der Waals surface area contributed by atoms with E-state index in [1.54, 1.807) is 12.1 Å². The quantitative estimate of drug-likeness (QED) is 0.874. The Kier molecular flexibility index (Phi) is 4.83. The average Bonchev–Trinajstić information content (AvgIpc) is 2.37. The third kappa shape index (κ3) is 4.58. The Balaban J connectivity index is 1.92. The number of nitrogens with one attached hydrogen (secondary N) is 1. The summed E-state index contributed by atoms with van der Waals surface area (Å²) in [5.41, 5.74) is -0.134. The van der Waals surface area contributed by atoms with Gasteiger partial charge in [0.2, 0.25) is 10.0 Å². The van der Waals surface area contributed by atoms with E-state index >= 15 is 0 Å². The van der Waals surface area contributed by atoms with Gasteiger partial charge < -0.3 is 5.11 Å². The van der Waals surface area contributed by atoms with Gasteiger partial charge in [0.05, 0.1) is 11.4 Å². The molecule has 20 heavy (non-hydrogen) atoms. The number of sulfonamides is 1. The first-order chi connectivity index (χ1) is 9.39. The number of rotatable bonds is 5. The Morgan fingerprint density at radius 1 is 1.35 bits per heavy atom. The topological polar surface area (TPSA) is 66.4 Å². The van der Waals surface area contributed by atoms with Gasteiger partial charge in [-0.3, -0.25) is 0 Å². The SMILES string of the molecule is CC1CCCC(O)(CNS(=O)(=O)Cc2ccccc2)C1. The highest BCUT2D eigenvalue weighted by Gasteiger charge is 2.33. The van der Waals surface area contributed by atoms with E-state index in [4.69, 9.17) is 0 Å². The van der Waals surface area contributed by atoms with Gasteiger partial charge >= 0.3 is 0 Å². The van der Waals surface area contributed by atoms with Crippen LogP contribution in [-0.4, -0.2) is 25.7 Å². The van der Waals surface area contributed by atoms with Crippen molar-refractivity contribution in [2.75, 3.05) is 6.54 Å². The summed E-state index contributed by atoms with van der Waals surface area (Å²) in [7, 11) is -3.40. The molecule has 0 saturated heterocycles. The lowest BCUT2D eigenvalue weighted by molar-refractivity contribution is -0.00752. The molecular weight excluding hydrogens is 274 g/mol. The van der Waals surface area contributed by atoms with Crippen LogP contribution in [0.25, 0.3) is 0 Å². The molecule has 4 nitrogen and oxygen atoms in total. The monoisotopic (exact) mass is 297 g/mol. The van der Waals surface area contributed by atoms with E-state index in [0.717, 1.165) is 18.4 Å². The van der Waals surface area contributed by atoms with Crippen LogP contribution in [0.5, 0.6) is 0 Å². The summed E-state index contributed by atoms with van der Waals surface area (Å²) in [5.74, 6) is 0.409. The lowest BCUT2D eigenvalue weighted by Crippen LogP contribution is -2.46. The van der Waals surface area contributed by atoms with Gasteiger partial charge in [-0.15, -0.1) is 0 Å². The number of benzene rings is 1. The van der Waals surface area contributed by atoms with Crippen molar-refractivity contribution in [1.29, 1.82) is 0 Å². The van der Waals surface area contributed by atoms with Crippen molar-refractivity contribution in [1.82, 2.24) is 4.72 Å². The van der Waals surface area contributed by atoms with Crippen LogP contribution in [0.3, 0.4) is 0 Å². The van der Waals surface area contributed by atoms with E-state index in [9.17, 15) is 13.5 Å². The standard InChI is InChI=1S/C15H23NO3S/c1-13-6-5-9-15(17,10-13)12-16-20(18,19)11-14-7-3-2-4-8-14/h2-4,7-8,13,16-17H,5-6,9-12H2,1H3. The van der Waals surface area contributed by atoms with E-state index < -0.39 is 15.6 Å². The van der Waals surface area contributed by atoms with Gasteiger partial charge in [0.15, 0.2) is 0 Å². The van der Waals surface area contributed by atoms with Gasteiger partial charge in [0.1, 0.15) is 0 Å². The molecule has 0 heterocycles. The lowest BCUT2D eigenvalue weighted by Gasteiger charge is -2.35. The van der Waals surface area contributed by atoms with Crippen LogP contribution in [0.15, 0.2) is 30.3 Å². The number of hydrogen-bond acceptors (Lipinski definition) is 3. The van der Waals surface area contributed by atoms with Crippen molar-refractivity contribution < 1.29 is 13.5 Å². The Bertz CT molecular complexity index is 529. The summed E-state index contributed by atoms with van der Waals surface area (Å²) >= 11 is 0. The fourth-order valence-corrected chi connectivity index (χ4v) is 4.10. The molecule has 1 aliphatic carbocycles. The van der Waals surface area contributed by atoms with Gasteiger partial charge in [0, 0.05) is 6.54 Å². The van der Waals surface area contributed by atoms with Crippen LogP contribution in [0.2, 0.25) is 0 Å². The van der Waals surface area contributed by atoms with E-state index in [1.165, 1.54) is 0 Å². The zero-order valence-electron chi connectivity index (χ0n) is 11.9. The van der Waals surface area contributed by atoms with Gasteiger partial charge in [-0.05, 0) is 24.3 Å². The highest BCUT2D eigenvalue weighted by Crippen LogP contribution is 2.31. The van der Waals surface area contributed by atoms with E-state index in [-0.39, 0.29) is 12.3 Å². The Morgan fingerprint density at radius 2 is 2.05 bits per heavy atom. The molecule has 1 aliphatic rings. The van der Waals surface area contributed by atoms with Crippen molar-refractivity contribution >= 4 is 10.0 Å². The zero-order chi connectivity index (χ0) is 14.6. The van der Waals surface area contributed by atoms with Crippen LogP contribution in [-0.2, 0) is 15.8 Å². The molecule has 2 unspecified atom stereocenters. The van der Waals surface area contributed by atoms with Gasteiger partial charge in [-0.1, -0.05) is 50.1 Å². The molecule has 5 heteroatoms. The third-order valence-electron chi connectivity index (χ3n) is 3.89. The molecule has 0 spiro atoms. The molecule has 2 N–H and O–H groups in total. The molecule has 1 saturated carbocycles. The number of aliphatic hydroxyl groups is 1. The summed E-state index contributed by atoms with van der Waals surface area (Å²) in [4.78, 5) is 0. The van der Waals surface area contributed by atoms with Crippen molar-refractivity contribution in [3.05, 3.63) is 35.9 Å². The molecule has 0 aromatic heterocycles. The summed E-state index contributed by atoms with van der Waals surface area (Å²) in [6, 6.07) is 9.07. The lowest BCUT2D eigenvalue weighted by atomic mass is 9.79. The second kappa shape index (κ2) is 6.24. The fraction of sp³-hybridized carbons (Fsp3) is 0.600. The molecule has 0 bridgehead atoms. The maximum absolute atomic E-state index is 12.0. The maximum atomic E-state index is 12.0. The molecule has 1 aromatic carbocycles. The normalized spacial score (nSPS) is 27.4. The predicted octanol–water partition coefficient (Wildman–Crippen LogP) is 2.05. The van der Waals surface area contributed by atoms with Crippen molar-refractivity contribution in [2.24, 2.45) is 5.92 Å². The molecule has 2 rings (SSSR count). The molecule has 1 aromatic rings. The second-order valence-corrected chi connectivity index (χ2v) is 7.80. The highest BCUT2D eigenvalue weighted by atomic mass is 32.2. The number of hydrogen-bond donors (Lipinski definition) is 2. The van der Waals surface area contributed by atoms with Crippen LogP contribution in [0.1, 0.15) is 38.2 Å². The molecule has 0 amide bonds. The Hall–Kier alpha value is -0.910. The zero-order valence-corrected chi connectivity index (χ0v) is 12.7. The molecule has 0 aliphatic heterocycles. The molecule has 112 valence electrons. The first kappa shape index (κ1) is 15.5. The van der Waals surface area contributed by atoms with Gasteiger partial charge in [-0.25, -0.2) is 13.1 Å². The fourth-order valence-electron chi connectivity index (χ4n) is 2.88. The summed E-state index contributed by atoms with van der Waals surface area (Å²) in [6.45, 7) is 2.22. The molecule has 0 radical (unpaired) electrons. The largest absolute Gasteiger partial charge is 0.389 e. The van der Waals surface area contributed by atoms with E-state index in [2.05, 4.69) is 11.6 Å². The second-order valence-electron chi connectivity index (χ2n) is 5.99. The van der Waals surface area contributed by atoms with Crippen molar-refractivity contribution in [3.63, 3.8) is 0 Å². The average molecular weight is 297 g/mol. The van der Waals surface area contributed by atoms with Gasteiger partial charge in [-0.2, -0.15) is 0 Å². The predicted molar refractivity (Wildman–Crippen MR) is 79.7 cm³/mol. The summed E-state index contributed by atoms with van der Waals surface area (Å²) in [6.07, 6.45) is 3.41. The van der Waals surface area contributed by atoms with Crippen molar-refractivity contribution in [2.45, 2.75) is 44.0 Å². The third-order valence-corrected chi connectivity index (χ3v) is 5.19. The minimum Gasteiger partial charge on any atom is -0.389 e. The van der Waals surface area contributed by atoms with Crippen LogP contribution in [0.4, 0.5) is 0 Å². The van der Waals surface area contributed by atoms with E-state index in [0.29, 0.717) is 18.8 Å². The van der Waals surface area contributed by atoms with Crippen LogP contribution >= 0.6 is 0 Å². The van der Waals surface area contributed by atoms with Gasteiger partial charge in [0.25, 0.3) is 0 Å². The first-order valence-corrected chi connectivity index (χ1v) is 8.77. The molecular formula is C15H23NO3S. The minimum absolute atomic E-state index is 0.0422. The van der Waals surface area contributed by atoms with Crippen LogP contribution < -0.4 is 4.72 Å². The van der Waals surface area contributed by atoms with Crippen molar-refractivity contribution in [3.8, 4) is 0 Å². The maximum Gasteiger partial charge on any atom is 0.215 e. The Labute approximate surface area is 121 Å². The van der Waals surface area contributed by atoms with Crippen LogP contribution in [0, 0.1) is 5.92 Å². The minimum atomic E-state index is -3.40. The molecule has 1 fully saturated rings. The first-order valence-electron chi connectivity index (χ1n) is 7.12. The molecule has 2 atom stereocenters. The summed E-state index contributed by atoms with van der Waals surface area (Å²) in [5, 5.41) is 10.4. The smallest absolute Gasteiger partial charge is 0.215 e. The Morgan fingerprint density at radius 3 is 2.70 bits per heavy atom. The highest BCUT2D eigenvalue weighted by molar-refractivity contribution is 7.88. The summed E-state index contributed by atoms with van der Waals surface area (Å²) < 4.78 is 26.6. The van der Waals surface area contributed by atoms with E-state index in [1.807, 2.05) is 18.2 Å².